The molecule has 7 heteroatoms. The molecule has 0 aliphatic carbocycles. The molecule has 2 N–H and O–H groups in total. The Labute approximate surface area is 154 Å². The summed E-state index contributed by atoms with van der Waals surface area (Å²) in [5, 5.41) is 6.06. The Morgan fingerprint density at radius 3 is 2.41 bits per heavy atom. The molecule has 0 saturated carbocycles. The van der Waals surface area contributed by atoms with Crippen LogP contribution < -0.4 is 16.3 Å². The SMILES string of the molecule is CC(=O)Nc1ccc(COC(=O)Nc2ccc3c(C)cc(=O)oc3c2)cc1. The molecule has 0 atom stereocenters. The van der Waals surface area contributed by atoms with Crippen LogP contribution in [0.5, 0.6) is 0 Å². The van der Waals surface area contributed by atoms with Crippen LogP contribution in [0.2, 0.25) is 0 Å². The lowest BCUT2D eigenvalue weighted by Crippen LogP contribution is -2.13. The van der Waals surface area contributed by atoms with Gasteiger partial charge in [-0.15, -0.1) is 0 Å². The van der Waals surface area contributed by atoms with E-state index < -0.39 is 11.7 Å². The number of ether oxygens (including phenoxy) is 1. The number of hydrogen-bond donors (Lipinski definition) is 2. The Morgan fingerprint density at radius 1 is 1.00 bits per heavy atom. The number of carbonyl (C=O) groups excluding carboxylic acids is 2. The highest BCUT2D eigenvalue weighted by Crippen LogP contribution is 2.21. The van der Waals surface area contributed by atoms with Crippen molar-refractivity contribution in [2.24, 2.45) is 0 Å². The molecule has 0 fully saturated rings. The Kier molecular flexibility index (Phi) is 5.21. The van der Waals surface area contributed by atoms with E-state index in [9.17, 15) is 14.4 Å². The minimum Gasteiger partial charge on any atom is -0.444 e. The molecule has 0 radical (unpaired) electrons. The van der Waals surface area contributed by atoms with E-state index in [0.29, 0.717) is 17.0 Å². The van der Waals surface area contributed by atoms with E-state index in [1.807, 2.05) is 6.92 Å². The summed E-state index contributed by atoms with van der Waals surface area (Å²) in [7, 11) is 0. The lowest BCUT2D eigenvalue weighted by molar-refractivity contribution is -0.114. The Bertz CT molecular complexity index is 1050. The minimum atomic E-state index is -0.629. The van der Waals surface area contributed by atoms with E-state index in [0.717, 1.165) is 16.5 Å². The van der Waals surface area contributed by atoms with Gasteiger partial charge in [0.25, 0.3) is 0 Å². The second kappa shape index (κ2) is 7.74. The zero-order valence-electron chi connectivity index (χ0n) is 14.9. The first-order chi connectivity index (χ1) is 12.9. The van der Waals surface area contributed by atoms with Gasteiger partial charge in [0.15, 0.2) is 0 Å². The van der Waals surface area contributed by atoms with E-state index in [1.54, 1.807) is 42.5 Å². The van der Waals surface area contributed by atoms with Crippen molar-refractivity contribution in [1.29, 1.82) is 0 Å². The summed E-state index contributed by atoms with van der Waals surface area (Å²) in [5.41, 5.74) is 2.66. The summed E-state index contributed by atoms with van der Waals surface area (Å²) < 4.78 is 10.3. The highest BCUT2D eigenvalue weighted by molar-refractivity contribution is 5.90. The highest BCUT2D eigenvalue weighted by atomic mass is 16.5. The maximum atomic E-state index is 12.0. The molecule has 1 heterocycles. The van der Waals surface area contributed by atoms with Gasteiger partial charge >= 0.3 is 11.7 Å². The van der Waals surface area contributed by atoms with Crippen LogP contribution in [0, 0.1) is 6.92 Å². The summed E-state index contributed by atoms with van der Waals surface area (Å²) in [6, 6.07) is 13.4. The molecule has 7 nitrogen and oxygen atoms in total. The summed E-state index contributed by atoms with van der Waals surface area (Å²) in [6.07, 6.45) is -0.629. The second-order valence-corrected chi connectivity index (χ2v) is 6.04. The van der Waals surface area contributed by atoms with Gasteiger partial charge in [-0.3, -0.25) is 10.1 Å². The smallest absolute Gasteiger partial charge is 0.411 e. The average Bonchev–Trinajstić information content (AvgIpc) is 2.60. The van der Waals surface area contributed by atoms with Crippen LogP contribution in [0.1, 0.15) is 18.1 Å². The van der Waals surface area contributed by atoms with Gasteiger partial charge in [0.05, 0.1) is 0 Å². The van der Waals surface area contributed by atoms with Crippen molar-refractivity contribution in [3.63, 3.8) is 0 Å². The highest BCUT2D eigenvalue weighted by Gasteiger charge is 2.07. The predicted molar refractivity (Wildman–Crippen MR) is 102 cm³/mol. The Balaban J connectivity index is 1.61. The van der Waals surface area contributed by atoms with Crippen LogP contribution in [0.25, 0.3) is 11.0 Å². The molecule has 3 rings (SSSR count). The normalized spacial score (nSPS) is 10.4. The maximum Gasteiger partial charge on any atom is 0.411 e. The van der Waals surface area contributed by atoms with Crippen LogP contribution in [0.15, 0.2) is 57.7 Å². The number of hydrogen-bond acceptors (Lipinski definition) is 5. The van der Waals surface area contributed by atoms with Crippen LogP contribution in [0.4, 0.5) is 16.2 Å². The molecule has 0 aliphatic rings. The van der Waals surface area contributed by atoms with E-state index in [4.69, 9.17) is 9.15 Å². The predicted octanol–water partition coefficient (Wildman–Crippen LogP) is 3.81. The third kappa shape index (κ3) is 4.72. The van der Waals surface area contributed by atoms with Crippen molar-refractivity contribution in [1.82, 2.24) is 0 Å². The number of aryl methyl sites for hydroxylation is 1. The van der Waals surface area contributed by atoms with Crippen molar-refractivity contribution in [3.8, 4) is 0 Å². The zero-order valence-corrected chi connectivity index (χ0v) is 14.9. The molecule has 1 aromatic heterocycles. The topological polar surface area (TPSA) is 97.6 Å². The second-order valence-electron chi connectivity index (χ2n) is 6.04. The van der Waals surface area contributed by atoms with Gasteiger partial charge in [-0.25, -0.2) is 9.59 Å². The number of fused-ring (bicyclic) bond motifs is 1. The number of rotatable bonds is 4. The monoisotopic (exact) mass is 366 g/mol. The first-order valence-corrected chi connectivity index (χ1v) is 8.25. The van der Waals surface area contributed by atoms with Crippen LogP contribution in [0.3, 0.4) is 0 Å². The Hall–Kier alpha value is -3.61. The number of nitrogens with one attached hydrogen (secondary N) is 2. The van der Waals surface area contributed by atoms with Gasteiger partial charge in [0, 0.05) is 35.8 Å². The van der Waals surface area contributed by atoms with Crippen molar-refractivity contribution in [2.45, 2.75) is 20.5 Å². The standard InChI is InChI=1S/C20H18N2O5/c1-12-9-19(24)27-18-10-16(7-8-17(12)18)22-20(25)26-11-14-3-5-15(6-4-14)21-13(2)23/h3-10H,11H2,1-2H3,(H,21,23)(H,22,25). The van der Waals surface area contributed by atoms with Crippen LogP contribution in [-0.2, 0) is 16.1 Å². The van der Waals surface area contributed by atoms with E-state index in [2.05, 4.69) is 10.6 Å². The molecule has 0 saturated heterocycles. The molecular formula is C20H18N2O5. The van der Waals surface area contributed by atoms with Gasteiger partial charge in [0.2, 0.25) is 5.91 Å². The van der Waals surface area contributed by atoms with Gasteiger partial charge in [-0.1, -0.05) is 12.1 Å². The summed E-state index contributed by atoms with van der Waals surface area (Å²) in [5.74, 6) is -0.153. The number of anilines is 2. The van der Waals surface area contributed by atoms with Crippen molar-refractivity contribution in [3.05, 3.63) is 70.1 Å². The zero-order chi connectivity index (χ0) is 19.4. The molecule has 2 amide bonds. The van der Waals surface area contributed by atoms with Crippen LogP contribution >= 0.6 is 0 Å². The molecule has 3 aromatic rings. The fraction of sp³-hybridized carbons (Fsp3) is 0.150. The quantitative estimate of drug-likeness (QED) is 0.684. The molecule has 138 valence electrons. The minimum absolute atomic E-state index is 0.0773. The maximum absolute atomic E-state index is 12.0. The summed E-state index contributed by atoms with van der Waals surface area (Å²) >= 11 is 0. The molecular weight excluding hydrogens is 348 g/mol. The first-order valence-electron chi connectivity index (χ1n) is 8.25. The van der Waals surface area contributed by atoms with Gasteiger partial charge < -0.3 is 14.5 Å². The van der Waals surface area contributed by atoms with Gasteiger partial charge in [-0.05, 0) is 42.3 Å². The number of amides is 2. The number of carbonyl (C=O) groups is 2. The fourth-order valence-corrected chi connectivity index (χ4v) is 2.59. The first kappa shape index (κ1) is 18.2. The van der Waals surface area contributed by atoms with Crippen molar-refractivity contribution in [2.75, 3.05) is 10.6 Å². The number of benzene rings is 2. The average molecular weight is 366 g/mol. The van der Waals surface area contributed by atoms with E-state index in [-0.39, 0.29) is 12.5 Å². The molecule has 0 bridgehead atoms. The van der Waals surface area contributed by atoms with Crippen molar-refractivity contribution >= 4 is 34.3 Å². The Morgan fingerprint density at radius 2 is 1.70 bits per heavy atom. The molecule has 27 heavy (non-hydrogen) atoms. The summed E-state index contributed by atoms with van der Waals surface area (Å²) in [6.45, 7) is 3.33. The van der Waals surface area contributed by atoms with Crippen LogP contribution in [-0.4, -0.2) is 12.0 Å². The molecule has 0 spiro atoms. The van der Waals surface area contributed by atoms with E-state index >= 15 is 0 Å². The molecule has 0 aliphatic heterocycles. The van der Waals surface area contributed by atoms with E-state index in [1.165, 1.54) is 13.0 Å². The van der Waals surface area contributed by atoms with Gasteiger partial charge in [-0.2, -0.15) is 0 Å². The third-order valence-electron chi connectivity index (χ3n) is 3.84. The summed E-state index contributed by atoms with van der Waals surface area (Å²) in [4.78, 5) is 34.5. The van der Waals surface area contributed by atoms with Crippen molar-refractivity contribution < 1.29 is 18.7 Å². The lowest BCUT2D eigenvalue weighted by atomic mass is 10.1. The fourth-order valence-electron chi connectivity index (χ4n) is 2.59. The third-order valence-corrected chi connectivity index (χ3v) is 3.84. The lowest BCUT2D eigenvalue weighted by Gasteiger charge is -2.09. The van der Waals surface area contributed by atoms with Gasteiger partial charge in [0.1, 0.15) is 12.2 Å². The molecule has 0 unspecified atom stereocenters. The largest absolute Gasteiger partial charge is 0.444 e. The molecule has 2 aromatic carbocycles.